The number of hydrogen-bond acceptors (Lipinski definition) is 5. The first kappa shape index (κ1) is 23.0. The predicted octanol–water partition coefficient (Wildman–Crippen LogP) is 2.02. The predicted molar refractivity (Wildman–Crippen MR) is 111 cm³/mol. The number of fused-ring (bicyclic) bond motifs is 1. The molecule has 7 nitrogen and oxygen atoms in total. The van der Waals surface area contributed by atoms with Crippen molar-refractivity contribution in [1.82, 2.24) is 10.2 Å². The first-order chi connectivity index (χ1) is 12.1. The average molecular weight is 415 g/mol. The van der Waals surface area contributed by atoms with E-state index < -0.39 is 0 Å². The smallest absolute Gasteiger partial charge is 0.257 e. The molecule has 0 unspecified atom stereocenters. The van der Waals surface area contributed by atoms with Crippen molar-refractivity contribution in [2.75, 3.05) is 39.5 Å². The van der Waals surface area contributed by atoms with Gasteiger partial charge in [0, 0.05) is 25.2 Å². The Morgan fingerprint density at radius 2 is 1.81 bits per heavy atom. The molecular weight excluding hydrogens is 391 g/mol. The Balaban J connectivity index is 0.00000182. The minimum Gasteiger partial charge on any atom is -0.492 e. The van der Waals surface area contributed by atoms with E-state index in [2.05, 4.69) is 10.2 Å². The molecule has 1 aliphatic rings. The molecule has 1 fully saturated rings. The number of benzene rings is 2. The maximum Gasteiger partial charge on any atom is 0.257 e. The van der Waals surface area contributed by atoms with Crippen LogP contribution in [0.3, 0.4) is 0 Å². The molecule has 0 aromatic heterocycles. The highest BCUT2D eigenvalue weighted by Gasteiger charge is 2.10. The third-order valence-electron chi connectivity index (χ3n) is 4.10. The Morgan fingerprint density at radius 3 is 2.52 bits per heavy atom. The summed E-state index contributed by atoms with van der Waals surface area (Å²) in [6.45, 7) is 4.99. The molecule has 148 valence electrons. The van der Waals surface area contributed by atoms with Gasteiger partial charge in [0.25, 0.3) is 5.91 Å². The largest absolute Gasteiger partial charge is 0.492 e. The second-order valence-corrected chi connectivity index (χ2v) is 5.89. The summed E-state index contributed by atoms with van der Waals surface area (Å²) in [5.74, 6) is 0.0519. The van der Waals surface area contributed by atoms with Gasteiger partial charge in [-0.25, -0.2) is 0 Å². The number of guanidine groups is 1. The van der Waals surface area contributed by atoms with Crippen molar-refractivity contribution in [3.05, 3.63) is 42.0 Å². The van der Waals surface area contributed by atoms with E-state index in [0.717, 1.165) is 49.4 Å². The number of rotatable bonds is 5. The van der Waals surface area contributed by atoms with Gasteiger partial charge in [0.15, 0.2) is 5.96 Å². The lowest BCUT2D eigenvalue weighted by molar-refractivity contribution is 0.0322. The molecule has 1 saturated heterocycles. The zero-order valence-corrected chi connectivity index (χ0v) is 16.4. The molecule has 1 heterocycles. The number of nitrogens with zero attached hydrogens (tertiary/aromatic N) is 1. The normalized spacial score (nSPS) is 13.9. The Morgan fingerprint density at radius 1 is 1.15 bits per heavy atom. The Labute approximate surface area is 170 Å². The van der Waals surface area contributed by atoms with Gasteiger partial charge in [-0.1, -0.05) is 12.1 Å². The van der Waals surface area contributed by atoms with Crippen molar-refractivity contribution in [1.29, 1.82) is 5.41 Å². The van der Waals surface area contributed by atoms with E-state index in [1.807, 2.05) is 24.3 Å². The highest BCUT2D eigenvalue weighted by Crippen LogP contribution is 2.22. The molecule has 0 radical (unpaired) electrons. The van der Waals surface area contributed by atoms with E-state index in [0.29, 0.717) is 12.2 Å². The molecule has 2 aromatic rings. The van der Waals surface area contributed by atoms with Crippen LogP contribution in [0.4, 0.5) is 0 Å². The molecule has 27 heavy (non-hydrogen) atoms. The Bertz CT molecular complexity index is 782. The lowest BCUT2D eigenvalue weighted by Crippen LogP contribution is -2.38. The number of ether oxygens (including phenoxy) is 2. The third-order valence-corrected chi connectivity index (χ3v) is 4.10. The van der Waals surface area contributed by atoms with Crippen LogP contribution in [0.25, 0.3) is 10.8 Å². The molecule has 0 saturated carbocycles. The van der Waals surface area contributed by atoms with Gasteiger partial charge < -0.3 is 15.2 Å². The van der Waals surface area contributed by atoms with Crippen LogP contribution >= 0.6 is 24.8 Å². The van der Waals surface area contributed by atoms with Crippen LogP contribution in [-0.4, -0.2) is 56.2 Å². The fraction of sp³-hybridized carbons (Fsp3) is 0.333. The van der Waals surface area contributed by atoms with Crippen molar-refractivity contribution in [3.63, 3.8) is 0 Å². The number of amides is 1. The van der Waals surface area contributed by atoms with E-state index in [4.69, 9.17) is 20.6 Å². The zero-order chi connectivity index (χ0) is 17.6. The summed E-state index contributed by atoms with van der Waals surface area (Å²) in [6, 6.07) is 11.1. The molecule has 0 spiro atoms. The second kappa shape index (κ2) is 10.9. The van der Waals surface area contributed by atoms with Gasteiger partial charge in [-0.05, 0) is 35.0 Å². The molecule has 1 aliphatic heterocycles. The second-order valence-electron chi connectivity index (χ2n) is 5.89. The van der Waals surface area contributed by atoms with E-state index in [9.17, 15) is 4.79 Å². The summed E-state index contributed by atoms with van der Waals surface area (Å²) in [4.78, 5) is 14.2. The standard InChI is InChI=1S/C18H22N4O3.2ClH/c19-18(20)21-17(23)15-2-1-14-12-16(4-3-13(14)11-15)25-10-7-22-5-8-24-9-6-22;;/h1-4,11-12H,5-10H2,(H4,19,20,21,23);2*1H. The van der Waals surface area contributed by atoms with Crippen LogP contribution in [0.15, 0.2) is 36.4 Å². The van der Waals surface area contributed by atoms with Crippen molar-refractivity contribution in [3.8, 4) is 5.75 Å². The van der Waals surface area contributed by atoms with Crippen molar-refractivity contribution >= 4 is 47.5 Å². The fourth-order valence-corrected chi connectivity index (χ4v) is 2.77. The van der Waals surface area contributed by atoms with Gasteiger partial charge in [-0.2, -0.15) is 0 Å². The minimum atomic E-state index is -0.389. The van der Waals surface area contributed by atoms with Gasteiger partial charge in [0.05, 0.1) is 13.2 Å². The summed E-state index contributed by atoms with van der Waals surface area (Å²) in [5, 5.41) is 11.3. The molecule has 0 aliphatic carbocycles. The highest BCUT2D eigenvalue weighted by molar-refractivity contribution is 6.06. The van der Waals surface area contributed by atoms with Gasteiger partial charge >= 0.3 is 0 Å². The topological polar surface area (TPSA) is 101 Å². The molecule has 9 heteroatoms. The van der Waals surface area contributed by atoms with E-state index in [1.165, 1.54) is 0 Å². The molecule has 3 rings (SSSR count). The summed E-state index contributed by atoms with van der Waals surface area (Å²) in [6.07, 6.45) is 0. The average Bonchev–Trinajstić information content (AvgIpc) is 2.61. The molecule has 1 amide bonds. The Hall–Kier alpha value is -2.06. The van der Waals surface area contributed by atoms with E-state index in [1.54, 1.807) is 12.1 Å². The molecular formula is C18H24Cl2N4O3. The van der Waals surface area contributed by atoms with Gasteiger partial charge in [-0.3, -0.25) is 20.4 Å². The molecule has 0 bridgehead atoms. The number of hydrogen-bond donors (Lipinski definition) is 3. The maximum absolute atomic E-state index is 11.9. The minimum absolute atomic E-state index is 0. The van der Waals surface area contributed by atoms with Crippen LogP contribution in [-0.2, 0) is 4.74 Å². The number of halogens is 2. The van der Waals surface area contributed by atoms with Crippen molar-refractivity contribution < 1.29 is 14.3 Å². The van der Waals surface area contributed by atoms with Gasteiger partial charge in [-0.15, -0.1) is 24.8 Å². The zero-order valence-electron chi connectivity index (χ0n) is 14.8. The van der Waals surface area contributed by atoms with Crippen molar-refractivity contribution in [2.24, 2.45) is 5.73 Å². The Kier molecular flexibility index (Phi) is 9.31. The third kappa shape index (κ3) is 6.55. The van der Waals surface area contributed by atoms with Crippen molar-refractivity contribution in [2.45, 2.75) is 0 Å². The maximum atomic E-state index is 11.9. The van der Waals surface area contributed by atoms with Gasteiger partial charge in [0.2, 0.25) is 0 Å². The molecule has 2 aromatic carbocycles. The summed E-state index contributed by atoms with van der Waals surface area (Å²) >= 11 is 0. The monoisotopic (exact) mass is 414 g/mol. The van der Waals surface area contributed by atoms with Gasteiger partial charge in [0.1, 0.15) is 12.4 Å². The lowest BCUT2D eigenvalue weighted by atomic mass is 10.1. The van der Waals surface area contributed by atoms with E-state index >= 15 is 0 Å². The van der Waals surface area contributed by atoms with Crippen LogP contribution in [0.1, 0.15) is 10.4 Å². The highest BCUT2D eigenvalue weighted by atomic mass is 35.5. The molecule has 4 N–H and O–H groups in total. The quantitative estimate of drug-likeness (QED) is 0.513. The molecule has 0 atom stereocenters. The fourth-order valence-electron chi connectivity index (χ4n) is 2.77. The summed E-state index contributed by atoms with van der Waals surface area (Å²) in [5.41, 5.74) is 5.65. The SMILES string of the molecule is Cl.Cl.N=C(N)NC(=O)c1ccc2cc(OCCN3CCOCC3)ccc2c1. The van der Waals surface area contributed by atoms with Crippen LogP contribution in [0, 0.1) is 5.41 Å². The number of carbonyl (C=O) groups excluding carboxylic acids is 1. The summed E-state index contributed by atoms with van der Waals surface area (Å²) < 4.78 is 11.2. The van der Waals surface area contributed by atoms with E-state index in [-0.39, 0.29) is 36.7 Å². The lowest BCUT2D eigenvalue weighted by Gasteiger charge is -2.26. The first-order valence-corrected chi connectivity index (χ1v) is 8.24. The first-order valence-electron chi connectivity index (χ1n) is 8.24. The number of morpholine rings is 1. The number of nitrogens with two attached hydrogens (primary N) is 1. The van der Waals surface area contributed by atoms with Crippen LogP contribution in [0.5, 0.6) is 5.75 Å². The van der Waals surface area contributed by atoms with Crippen LogP contribution in [0.2, 0.25) is 0 Å². The summed E-state index contributed by atoms with van der Waals surface area (Å²) in [7, 11) is 0. The number of carbonyl (C=O) groups is 1. The van der Waals surface area contributed by atoms with Crippen LogP contribution < -0.4 is 15.8 Å². The number of nitrogens with one attached hydrogen (secondary N) is 2.